The van der Waals surface area contributed by atoms with Crippen LogP contribution in [0.1, 0.15) is 25.6 Å². The summed E-state index contributed by atoms with van der Waals surface area (Å²) in [6.45, 7) is 3.57. The minimum absolute atomic E-state index is 0.00909. The Hall–Kier alpha value is -1.41. The fraction of sp³-hybridized carbons (Fsp3) is 0.600. The zero-order chi connectivity index (χ0) is 13.8. The van der Waals surface area contributed by atoms with E-state index in [2.05, 4.69) is 14.7 Å². The van der Waals surface area contributed by atoms with Crippen molar-refractivity contribution in [1.29, 1.82) is 0 Å². The Bertz CT molecular complexity index is 509. The first-order valence-corrected chi connectivity index (χ1v) is 7.06. The van der Waals surface area contributed by atoms with Crippen LogP contribution < -0.4 is 4.72 Å². The number of aliphatic carboxylic acids is 1. The third-order valence-electron chi connectivity index (χ3n) is 2.57. The highest BCUT2D eigenvalue weighted by atomic mass is 32.2. The van der Waals surface area contributed by atoms with Crippen LogP contribution in [-0.2, 0) is 14.8 Å². The van der Waals surface area contributed by atoms with Gasteiger partial charge in [-0.25, -0.2) is 18.1 Å². The van der Waals surface area contributed by atoms with Crippen molar-refractivity contribution in [3.8, 4) is 0 Å². The van der Waals surface area contributed by atoms with Crippen molar-refractivity contribution in [2.75, 3.05) is 6.54 Å². The number of H-pyrrole nitrogens is 1. The number of aromatic nitrogens is 2. The van der Waals surface area contributed by atoms with E-state index < -0.39 is 16.0 Å². The van der Waals surface area contributed by atoms with Gasteiger partial charge in [0.1, 0.15) is 5.82 Å². The molecule has 102 valence electrons. The lowest BCUT2D eigenvalue weighted by Crippen LogP contribution is -2.30. The van der Waals surface area contributed by atoms with E-state index in [1.807, 2.05) is 6.92 Å². The topological polar surface area (TPSA) is 112 Å². The summed E-state index contributed by atoms with van der Waals surface area (Å²) in [6.07, 6.45) is 1.77. The van der Waals surface area contributed by atoms with Crippen molar-refractivity contribution >= 4 is 16.0 Å². The smallest absolute Gasteiger partial charge is 0.303 e. The van der Waals surface area contributed by atoms with Crippen LogP contribution in [0.3, 0.4) is 0 Å². The standard InChI is InChI=1S/C10H17N3O4S/c1-3-8(4-10(14)15)5-12-18(16,17)9-6-11-7(2)13-9/h6,8,12H,3-5H2,1-2H3,(H,11,13)(H,14,15). The summed E-state index contributed by atoms with van der Waals surface area (Å²) >= 11 is 0. The average molecular weight is 275 g/mol. The van der Waals surface area contributed by atoms with E-state index in [0.29, 0.717) is 12.2 Å². The molecule has 3 N–H and O–H groups in total. The SMILES string of the molecule is CCC(CNS(=O)(=O)c1cnc(C)[nH]1)CC(=O)O. The summed E-state index contributed by atoms with van der Waals surface area (Å²) in [6, 6.07) is 0. The minimum Gasteiger partial charge on any atom is -0.481 e. The van der Waals surface area contributed by atoms with E-state index in [0.717, 1.165) is 0 Å². The van der Waals surface area contributed by atoms with Crippen LogP contribution in [-0.4, -0.2) is 36.0 Å². The molecule has 7 nitrogen and oxygen atoms in total. The molecule has 18 heavy (non-hydrogen) atoms. The highest BCUT2D eigenvalue weighted by molar-refractivity contribution is 7.89. The Kier molecular flexibility index (Phi) is 4.85. The number of carbonyl (C=O) groups is 1. The molecule has 1 unspecified atom stereocenters. The van der Waals surface area contributed by atoms with Gasteiger partial charge in [0.25, 0.3) is 10.0 Å². The first kappa shape index (κ1) is 14.7. The Labute approximate surface area is 106 Å². The lowest BCUT2D eigenvalue weighted by atomic mass is 10.0. The number of sulfonamides is 1. The first-order chi connectivity index (χ1) is 8.35. The van der Waals surface area contributed by atoms with Crippen LogP contribution in [0.2, 0.25) is 0 Å². The number of imidazole rings is 1. The molecule has 0 spiro atoms. The van der Waals surface area contributed by atoms with E-state index in [1.54, 1.807) is 6.92 Å². The highest BCUT2D eigenvalue weighted by Gasteiger charge is 2.19. The van der Waals surface area contributed by atoms with E-state index in [4.69, 9.17) is 5.11 Å². The fourth-order valence-electron chi connectivity index (χ4n) is 1.45. The number of carboxylic acids is 1. The number of rotatable bonds is 7. The minimum atomic E-state index is -3.64. The van der Waals surface area contributed by atoms with Crippen molar-refractivity contribution in [2.45, 2.75) is 31.7 Å². The molecule has 0 bridgehead atoms. The predicted octanol–water partition coefficient (Wildman–Crippen LogP) is 0.497. The van der Waals surface area contributed by atoms with E-state index in [1.165, 1.54) is 6.20 Å². The van der Waals surface area contributed by atoms with Crippen LogP contribution in [0.15, 0.2) is 11.2 Å². The van der Waals surface area contributed by atoms with Crippen molar-refractivity contribution in [2.24, 2.45) is 5.92 Å². The summed E-state index contributed by atoms with van der Waals surface area (Å²) in [4.78, 5) is 17.0. The molecule has 1 heterocycles. The second-order valence-electron chi connectivity index (χ2n) is 4.06. The Morgan fingerprint density at radius 2 is 2.28 bits per heavy atom. The van der Waals surface area contributed by atoms with Gasteiger partial charge in [-0.1, -0.05) is 13.3 Å². The monoisotopic (exact) mass is 275 g/mol. The fourth-order valence-corrected chi connectivity index (χ4v) is 2.53. The normalized spacial score (nSPS) is 13.4. The number of nitrogens with zero attached hydrogens (tertiary/aromatic N) is 1. The second kappa shape index (κ2) is 5.96. The van der Waals surface area contributed by atoms with Gasteiger partial charge in [0.05, 0.1) is 6.20 Å². The number of carboxylic acid groups (broad SMARTS) is 1. The highest BCUT2D eigenvalue weighted by Crippen LogP contribution is 2.10. The maximum Gasteiger partial charge on any atom is 0.303 e. The number of nitrogens with one attached hydrogen (secondary N) is 2. The van der Waals surface area contributed by atoms with Gasteiger partial charge in [-0.05, 0) is 12.8 Å². The van der Waals surface area contributed by atoms with E-state index in [9.17, 15) is 13.2 Å². The molecule has 1 aromatic heterocycles. The zero-order valence-electron chi connectivity index (χ0n) is 10.3. The van der Waals surface area contributed by atoms with Crippen molar-refractivity contribution < 1.29 is 18.3 Å². The van der Waals surface area contributed by atoms with Crippen LogP contribution in [0.5, 0.6) is 0 Å². The Morgan fingerprint density at radius 1 is 1.61 bits per heavy atom. The van der Waals surface area contributed by atoms with Crippen LogP contribution in [0, 0.1) is 12.8 Å². The number of hydrogen-bond donors (Lipinski definition) is 3. The van der Waals surface area contributed by atoms with Gasteiger partial charge in [0.2, 0.25) is 0 Å². The summed E-state index contributed by atoms with van der Waals surface area (Å²) in [5, 5.41) is 8.66. The average Bonchev–Trinajstić information content (AvgIpc) is 2.71. The molecule has 1 aromatic rings. The van der Waals surface area contributed by atoms with Crippen LogP contribution in [0.25, 0.3) is 0 Å². The Balaban J connectivity index is 2.64. The predicted molar refractivity (Wildman–Crippen MR) is 64.5 cm³/mol. The molecule has 0 fully saturated rings. The Morgan fingerprint density at radius 3 is 2.72 bits per heavy atom. The van der Waals surface area contributed by atoms with Gasteiger partial charge in [-0.2, -0.15) is 0 Å². The quantitative estimate of drug-likeness (QED) is 0.670. The third-order valence-corrected chi connectivity index (χ3v) is 3.90. The number of aromatic amines is 1. The molecular formula is C10H17N3O4S. The lowest BCUT2D eigenvalue weighted by Gasteiger charge is -2.12. The molecule has 0 aliphatic carbocycles. The summed E-state index contributed by atoms with van der Waals surface area (Å²) in [7, 11) is -3.64. The maximum atomic E-state index is 11.8. The molecule has 1 atom stereocenters. The molecule has 0 aromatic carbocycles. The van der Waals surface area contributed by atoms with Gasteiger partial charge in [-0.15, -0.1) is 0 Å². The zero-order valence-corrected chi connectivity index (χ0v) is 11.1. The summed E-state index contributed by atoms with van der Waals surface area (Å²) in [5.41, 5.74) is 0. The van der Waals surface area contributed by atoms with Crippen molar-refractivity contribution in [3.63, 3.8) is 0 Å². The van der Waals surface area contributed by atoms with Gasteiger partial charge in [0, 0.05) is 13.0 Å². The van der Waals surface area contributed by atoms with Crippen molar-refractivity contribution in [1.82, 2.24) is 14.7 Å². The van der Waals surface area contributed by atoms with Gasteiger partial charge in [0.15, 0.2) is 5.03 Å². The molecule has 0 aliphatic rings. The second-order valence-corrected chi connectivity index (χ2v) is 5.79. The summed E-state index contributed by atoms with van der Waals surface area (Å²) in [5.74, 6) is -0.646. The molecule has 0 amide bonds. The van der Waals surface area contributed by atoms with E-state index >= 15 is 0 Å². The molecule has 8 heteroatoms. The third kappa shape index (κ3) is 4.11. The molecule has 0 aliphatic heterocycles. The molecule has 0 radical (unpaired) electrons. The number of aryl methyl sites for hydroxylation is 1. The van der Waals surface area contributed by atoms with Gasteiger partial charge in [-0.3, -0.25) is 4.79 Å². The maximum absolute atomic E-state index is 11.8. The van der Waals surface area contributed by atoms with Gasteiger partial charge < -0.3 is 10.1 Å². The lowest BCUT2D eigenvalue weighted by molar-refractivity contribution is -0.138. The van der Waals surface area contributed by atoms with Crippen molar-refractivity contribution in [3.05, 3.63) is 12.0 Å². The van der Waals surface area contributed by atoms with Crippen LogP contribution >= 0.6 is 0 Å². The molecule has 0 saturated heterocycles. The van der Waals surface area contributed by atoms with Crippen LogP contribution in [0.4, 0.5) is 0 Å². The molecular weight excluding hydrogens is 258 g/mol. The van der Waals surface area contributed by atoms with E-state index in [-0.39, 0.29) is 23.9 Å². The largest absolute Gasteiger partial charge is 0.481 e. The van der Waals surface area contributed by atoms with Gasteiger partial charge >= 0.3 is 5.97 Å². The molecule has 1 rings (SSSR count). The molecule has 0 saturated carbocycles. The first-order valence-electron chi connectivity index (χ1n) is 5.58. The number of hydrogen-bond acceptors (Lipinski definition) is 4. The summed E-state index contributed by atoms with van der Waals surface area (Å²) < 4.78 is 26.0.